The van der Waals surface area contributed by atoms with Gasteiger partial charge in [0.1, 0.15) is 12.0 Å². The fourth-order valence-corrected chi connectivity index (χ4v) is 1.67. The average molecular weight is 223 g/mol. The molecule has 0 radical (unpaired) electrons. The van der Waals surface area contributed by atoms with Crippen molar-refractivity contribution in [1.82, 2.24) is 10.2 Å². The number of hydrogen-bond donors (Lipinski definition) is 1. The SMILES string of the molecule is CC(C#N)C(=O)NC(C)C(=O)N1CCCC1. The number of amides is 2. The molecule has 0 aromatic heterocycles. The van der Waals surface area contributed by atoms with Crippen LogP contribution >= 0.6 is 0 Å². The lowest BCUT2D eigenvalue weighted by molar-refractivity contribution is -0.135. The summed E-state index contributed by atoms with van der Waals surface area (Å²) in [5.41, 5.74) is 0. The van der Waals surface area contributed by atoms with E-state index in [0.717, 1.165) is 25.9 Å². The third-order valence-electron chi connectivity index (χ3n) is 2.73. The van der Waals surface area contributed by atoms with Crippen LogP contribution in [0.2, 0.25) is 0 Å². The molecule has 0 bridgehead atoms. The number of nitriles is 1. The van der Waals surface area contributed by atoms with Crippen molar-refractivity contribution in [3.05, 3.63) is 0 Å². The van der Waals surface area contributed by atoms with Crippen molar-refractivity contribution < 1.29 is 9.59 Å². The monoisotopic (exact) mass is 223 g/mol. The van der Waals surface area contributed by atoms with E-state index >= 15 is 0 Å². The molecule has 0 aromatic rings. The minimum absolute atomic E-state index is 0.0593. The molecule has 16 heavy (non-hydrogen) atoms. The van der Waals surface area contributed by atoms with E-state index < -0.39 is 12.0 Å². The van der Waals surface area contributed by atoms with Crippen molar-refractivity contribution in [2.24, 2.45) is 5.92 Å². The molecule has 1 fully saturated rings. The van der Waals surface area contributed by atoms with Crippen molar-refractivity contribution in [2.75, 3.05) is 13.1 Å². The van der Waals surface area contributed by atoms with Crippen LogP contribution in [-0.2, 0) is 9.59 Å². The Labute approximate surface area is 95.4 Å². The van der Waals surface area contributed by atoms with Crippen LogP contribution in [0.5, 0.6) is 0 Å². The first-order valence-electron chi connectivity index (χ1n) is 5.55. The van der Waals surface area contributed by atoms with Gasteiger partial charge in [-0.1, -0.05) is 0 Å². The summed E-state index contributed by atoms with van der Waals surface area (Å²) in [6, 6.07) is 1.30. The van der Waals surface area contributed by atoms with Gasteiger partial charge in [-0.25, -0.2) is 0 Å². The summed E-state index contributed by atoms with van der Waals surface area (Å²) in [7, 11) is 0. The zero-order valence-electron chi connectivity index (χ0n) is 9.69. The second kappa shape index (κ2) is 5.50. The van der Waals surface area contributed by atoms with Crippen molar-refractivity contribution in [3.8, 4) is 6.07 Å². The molecule has 1 rings (SSSR count). The lowest BCUT2D eigenvalue weighted by Crippen LogP contribution is -2.47. The van der Waals surface area contributed by atoms with E-state index in [0.29, 0.717) is 0 Å². The molecular weight excluding hydrogens is 206 g/mol. The van der Waals surface area contributed by atoms with E-state index in [4.69, 9.17) is 5.26 Å². The highest BCUT2D eigenvalue weighted by Crippen LogP contribution is 2.09. The minimum atomic E-state index is -0.714. The predicted octanol–water partition coefficient (Wildman–Crippen LogP) is 0.273. The molecule has 1 aliphatic rings. The highest BCUT2D eigenvalue weighted by atomic mass is 16.2. The number of likely N-dealkylation sites (tertiary alicyclic amines) is 1. The van der Waals surface area contributed by atoms with Crippen LogP contribution < -0.4 is 5.32 Å². The van der Waals surface area contributed by atoms with Crippen LogP contribution in [-0.4, -0.2) is 35.8 Å². The molecule has 2 unspecified atom stereocenters. The van der Waals surface area contributed by atoms with E-state index in [1.807, 2.05) is 6.07 Å². The van der Waals surface area contributed by atoms with Gasteiger partial charge in [0.25, 0.3) is 0 Å². The number of carbonyl (C=O) groups excluding carboxylic acids is 2. The van der Waals surface area contributed by atoms with E-state index in [2.05, 4.69) is 5.32 Å². The van der Waals surface area contributed by atoms with Crippen molar-refractivity contribution >= 4 is 11.8 Å². The maximum absolute atomic E-state index is 11.8. The first-order chi connectivity index (χ1) is 7.56. The van der Waals surface area contributed by atoms with Crippen molar-refractivity contribution in [1.29, 1.82) is 5.26 Å². The molecule has 5 heteroatoms. The summed E-state index contributed by atoms with van der Waals surface area (Å²) in [5, 5.41) is 11.1. The number of nitrogens with one attached hydrogen (secondary N) is 1. The molecular formula is C11H17N3O2. The van der Waals surface area contributed by atoms with Crippen LogP contribution in [0.25, 0.3) is 0 Å². The number of rotatable bonds is 3. The Morgan fingerprint density at radius 2 is 1.88 bits per heavy atom. The van der Waals surface area contributed by atoms with Crippen LogP contribution in [0.3, 0.4) is 0 Å². The van der Waals surface area contributed by atoms with E-state index in [1.54, 1.807) is 11.8 Å². The Balaban J connectivity index is 2.45. The van der Waals surface area contributed by atoms with Gasteiger partial charge in [0.15, 0.2) is 0 Å². The van der Waals surface area contributed by atoms with Gasteiger partial charge in [0, 0.05) is 13.1 Å². The van der Waals surface area contributed by atoms with Crippen molar-refractivity contribution in [2.45, 2.75) is 32.7 Å². The topological polar surface area (TPSA) is 73.2 Å². The van der Waals surface area contributed by atoms with Gasteiger partial charge >= 0.3 is 0 Å². The molecule has 0 aromatic carbocycles. The Morgan fingerprint density at radius 3 is 2.38 bits per heavy atom. The standard InChI is InChI=1S/C11H17N3O2/c1-8(7-12)10(15)13-9(2)11(16)14-5-3-4-6-14/h8-9H,3-6H2,1-2H3,(H,13,15). The minimum Gasteiger partial charge on any atom is -0.343 e. The van der Waals surface area contributed by atoms with Crippen molar-refractivity contribution in [3.63, 3.8) is 0 Å². The maximum atomic E-state index is 11.8. The van der Waals surface area contributed by atoms with E-state index in [9.17, 15) is 9.59 Å². The Morgan fingerprint density at radius 1 is 1.31 bits per heavy atom. The summed E-state index contributed by atoms with van der Waals surface area (Å²) in [5.74, 6) is -1.16. The number of nitrogens with zero attached hydrogens (tertiary/aromatic N) is 2. The second-order valence-corrected chi connectivity index (χ2v) is 4.11. The fraction of sp³-hybridized carbons (Fsp3) is 0.727. The van der Waals surface area contributed by atoms with Gasteiger partial charge < -0.3 is 10.2 Å². The number of hydrogen-bond acceptors (Lipinski definition) is 3. The summed E-state index contributed by atoms with van der Waals surface area (Å²) >= 11 is 0. The summed E-state index contributed by atoms with van der Waals surface area (Å²) in [6.07, 6.45) is 2.06. The average Bonchev–Trinajstić information content (AvgIpc) is 2.79. The molecule has 88 valence electrons. The van der Waals surface area contributed by atoms with E-state index in [-0.39, 0.29) is 11.8 Å². The smallest absolute Gasteiger partial charge is 0.244 e. The Bertz CT molecular complexity index is 316. The lowest BCUT2D eigenvalue weighted by Gasteiger charge is -2.21. The van der Waals surface area contributed by atoms with Gasteiger partial charge in [0.05, 0.1) is 6.07 Å². The molecule has 5 nitrogen and oxygen atoms in total. The van der Waals surface area contributed by atoms with Crippen LogP contribution in [0.15, 0.2) is 0 Å². The van der Waals surface area contributed by atoms with Crippen LogP contribution in [0.4, 0.5) is 0 Å². The normalized spacial score (nSPS) is 18.7. The molecule has 0 saturated carbocycles. The lowest BCUT2D eigenvalue weighted by atomic mass is 10.2. The Kier molecular flexibility index (Phi) is 4.29. The molecule has 1 N–H and O–H groups in total. The predicted molar refractivity (Wildman–Crippen MR) is 58.2 cm³/mol. The first-order valence-corrected chi connectivity index (χ1v) is 5.55. The highest BCUT2D eigenvalue weighted by Gasteiger charge is 2.25. The van der Waals surface area contributed by atoms with Gasteiger partial charge in [-0.3, -0.25) is 9.59 Å². The van der Waals surface area contributed by atoms with Crippen LogP contribution in [0.1, 0.15) is 26.7 Å². The molecule has 1 aliphatic heterocycles. The maximum Gasteiger partial charge on any atom is 0.244 e. The Hall–Kier alpha value is -1.57. The molecule has 2 amide bonds. The molecule has 1 saturated heterocycles. The summed E-state index contributed by atoms with van der Waals surface area (Å²) in [4.78, 5) is 25.0. The number of carbonyl (C=O) groups is 2. The van der Waals surface area contributed by atoms with Crippen LogP contribution in [0, 0.1) is 17.2 Å². The van der Waals surface area contributed by atoms with Gasteiger partial charge in [-0.2, -0.15) is 5.26 Å². The second-order valence-electron chi connectivity index (χ2n) is 4.11. The molecule has 2 atom stereocenters. The zero-order valence-corrected chi connectivity index (χ0v) is 9.69. The summed E-state index contributed by atoms with van der Waals surface area (Å²) in [6.45, 7) is 4.71. The fourth-order valence-electron chi connectivity index (χ4n) is 1.67. The summed E-state index contributed by atoms with van der Waals surface area (Å²) < 4.78 is 0. The zero-order chi connectivity index (χ0) is 12.1. The molecule has 0 spiro atoms. The van der Waals surface area contributed by atoms with E-state index in [1.165, 1.54) is 6.92 Å². The van der Waals surface area contributed by atoms with Gasteiger partial charge in [-0.15, -0.1) is 0 Å². The third-order valence-corrected chi connectivity index (χ3v) is 2.73. The highest BCUT2D eigenvalue weighted by molar-refractivity contribution is 5.89. The van der Waals surface area contributed by atoms with Gasteiger partial charge in [0.2, 0.25) is 11.8 Å². The first kappa shape index (κ1) is 12.5. The quantitative estimate of drug-likeness (QED) is 0.746. The van der Waals surface area contributed by atoms with Gasteiger partial charge in [-0.05, 0) is 26.7 Å². The largest absolute Gasteiger partial charge is 0.343 e. The molecule has 1 heterocycles. The molecule has 0 aliphatic carbocycles. The third kappa shape index (κ3) is 2.96.